The minimum absolute atomic E-state index is 0.126. The van der Waals surface area contributed by atoms with Gasteiger partial charge in [0.2, 0.25) is 11.8 Å². The van der Waals surface area contributed by atoms with Gasteiger partial charge in [0, 0.05) is 37.9 Å². The number of H-pyrrole nitrogens is 1. The number of aromatic amines is 1. The van der Waals surface area contributed by atoms with E-state index in [0.717, 1.165) is 32.4 Å². The molecule has 2 amide bonds. The molecule has 2 saturated heterocycles. The van der Waals surface area contributed by atoms with Crippen LogP contribution in [0.2, 0.25) is 0 Å². The Morgan fingerprint density at radius 3 is 2.73 bits per heavy atom. The molecule has 0 bridgehead atoms. The van der Waals surface area contributed by atoms with E-state index in [4.69, 9.17) is 0 Å². The third kappa shape index (κ3) is 3.32. The van der Waals surface area contributed by atoms with Crippen LogP contribution in [0.15, 0.2) is 15.8 Å². The molecule has 1 aromatic rings. The maximum atomic E-state index is 12.9. The lowest BCUT2D eigenvalue weighted by atomic mass is 9.78. The van der Waals surface area contributed by atoms with E-state index in [1.54, 1.807) is 11.8 Å². The van der Waals surface area contributed by atoms with Crippen molar-refractivity contribution in [1.29, 1.82) is 0 Å². The summed E-state index contributed by atoms with van der Waals surface area (Å²) in [5.41, 5.74) is -1.11. The molecule has 1 N–H and O–H groups in total. The number of hydrogen-bond acceptors (Lipinski definition) is 4. The molecule has 0 saturated carbocycles. The molecule has 1 spiro atoms. The van der Waals surface area contributed by atoms with Gasteiger partial charge in [-0.2, -0.15) is 0 Å². The quantitative estimate of drug-likeness (QED) is 0.821. The smallest absolute Gasteiger partial charge is 0.328 e. The topological polar surface area (TPSA) is 95.5 Å². The standard InChI is InChI=1S/C18H26N4O4/c1-3-7-20-8-4-5-18(16(20)25)6-9-21(12-18)14(23)11-22-10-13(2)15(24)19-17(22)26/h10H,3-9,11-12H2,1-2H3,(H,19,24,26)/t18-/m0/s1. The van der Waals surface area contributed by atoms with Crippen molar-refractivity contribution in [2.24, 2.45) is 5.41 Å². The number of rotatable bonds is 4. The molecule has 2 aliphatic rings. The fraction of sp³-hybridized carbons (Fsp3) is 0.667. The first kappa shape index (κ1) is 18.4. The third-order valence-electron chi connectivity index (χ3n) is 5.52. The number of carbonyl (C=O) groups is 2. The fourth-order valence-electron chi connectivity index (χ4n) is 4.08. The van der Waals surface area contributed by atoms with E-state index in [9.17, 15) is 19.2 Å². The summed E-state index contributed by atoms with van der Waals surface area (Å²) in [7, 11) is 0. The van der Waals surface area contributed by atoms with E-state index >= 15 is 0 Å². The van der Waals surface area contributed by atoms with Gasteiger partial charge in [-0.3, -0.25) is 23.9 Å². The van der Waals surface area contributed by atoms with Gasteiger partial charge in [-0.25, -0.2) is 4.79 Å². The van der Waals surface area contributed by atoms with Crippen LogP contribution in [0.5, 0.6) is 0 Å². The number of carbonyl (C=O) groups excluding carboxylic acids is 2. The Bertz CT molecular complexity index is 825. The number of piperidine rings is 1. The van der Waals surface area contributed by atoms with Crippen molar-refractivity contribution >= 4 is 11.8 Å². The summed E-state index contributed by atoms with van der Waals surface area (Å²) in [6.45, 7) is 6.04. The maximum absolute atomic E-state index is 12.9. The Morgan fingerprint density at radius 2 is 2.00 bits per heavy atom. The van der Waals surface area contributed by atoms with Crippen molar-refractivity contribution in [3.8, 4) is 0 Å². The van der Waals surface area contributed by atoms with E-state index in [-0.39, 0.29) is 18.4 Å². The van der Waals surface area contributed by atoms with E-state index in [2.05, 4.69) is 11.9 Å². The lowest BCUT2D eigenvalue weighted by Crippen LogP contribution is -2.50. The van der Waals surface area contributed by atoms with E-state index in [0.29, 0.717) is 25.1 Å². The molecule has 142 valence electrons. The number of hydrogen-bond donors (Lipinski definition) is 1. The molecule has 3 heterocycles. The molecular formula is C18H26N4O4. The predicted octanol–water partition coefficient (Wildman–Crippen LogP) is 0.0961. The molecule has 8 nitrogen and oxygen atoms in total. The summed E-state index contributed by atoms with van der Waals surface area (Å²) in [5.74, 6) is -0.0335. The van der Waals surface area contributed by atoms with Crippen LogP contribution in [0.1, 0.15) is 38.2 Å². The normalized spacial score (nSPS) is 23.1. The van der Waals surface area contributed by atoms with Crippen LogP contribution in [0.4, 0.5) is 0 Å². The van der Waals surface area contributed by atoms with E-state index < -0.39 is 16.7 Å². The maximum Gasteiger partial charge on any atom is 0.328 e. The molecule has 0 radical (unpaired) electrons. The number of aromatic nitrogens is 2. The first-order chi connectivity index (χ1) is 12.4. The second kappa shape index (κ2) is 7.09. The highest BCUT2D eigenvalue weighted by atomic mass is 16.2. The van der Waals surface area contributed by atoms with Gasteiger partial charge in [-0.1, -0.05) is 6.92 Å². The molecule has 8 heteroatoms. The van der Waals surface area contributed by atoms with Gasteiger partial charge in [0.1, 0.15) is 6.54 Å². The second-order valence-corrected chi connectivity index (χ2v) is 7.44. The summed E-state index contributed by atoms with van der Waals surface area (Å²) in [6, 6.07) is 0. The average Bonchev–Trinajstić information content (AvgIpc) is 3.02. The Morgan fingerprint density at radius 1 is 1.23 bits per heavy atom. The predicted molar refractivity (Wildman–Crippen MR) is 95.8 cm³/mol. The molecule has 0 aliphatic carbocycles. The van der Waals surface area contributed by atoms with Gasteiger partial charge in [0.05, 0.1) is 5.41 Å². The summed E-state index contributed by atoms with van der Waals surface area (Å²) < 4.78 is 1.22. The molecule has 0 unspecified atom stereocenters. The summed E-state index contributed by atoms with van der Waals surface area (Å²) >= 11 is 0. The lowest BCUT2D eigenvalue weighted by Gasteiger charge is -2.39. The number of nitrogens with zero attached hydrogens (tertiary/aromatic N) is 3. The summed E-state index contributed by atoms with van der Waals surface area (Å²) in [5, 5.41) is 0. The number of likely N-dealkylation sites (tertiary alicyclic amines) is 2. The van der Waals surface area contributed by atoms with Crippen LogP contribution in [-0.4, -0.2) is 57.3 Å². The fourth-order valence-corrected chi connectivity index (χ4v) is 4.08. The van der Waals surface area contributed by atoms with Crippen LogP contribution < -0.4 is 11.2 Å². The summed E-state index contributed by atoms with van der Waals surface area (Å²) in [6.07, 6.45) is 4.79. The van der Waals surface area contributed by atoms with Gasteiger partial charge in [-0.15, -0.1) is 0 Å². The first-order valence-electron chi connectivity index (χ1n) is 9.24. The minimum atomic E-state index is -0.592. The summed E-state index contributed by atoms with van der Waals surface area (Å²) in [4.78, 5) is 54.7. The van der Waals surface area contributed by atoms with Crippen molar-refractivity contribution in [2.75, 3.05) is 26.2 Å². The zero-order chi connectivity index (χ0) is 18.9. The average molecular weight is 362 g/mol. The number of amides is 2. The Labute approximate surface area is 151 Å². The third-order valence-corrected chi connectivity index (χ3v) is 5.52. The van der Waals surface area contributed by atoms with E-state index in [1.165, 1.54) is 10.8 Å². The van der Waals surface area contributed by atoms with Gasteiger partial charge >= 0.3 is 5.69 Å². The lowest BCUT2D eigenvalue weighted by molar-refractivity contribution is -0.146. The van der Waals surface area contributed by atoms with Crippen LogP contribution in [-0.2, 0) is 16.1 Å². The highest BCUT2D eigenvalue weighted by molar-refractivity contribution is 5.86. The van der Waals surface area contributed by atoms with Gasteiger partial charge in [0.15, 0.2) is 0 Å². The molecule has 3 rings (SSSR count). The largest absolute Gasteiger partial charge is 0.342 e. The highest BCUT2D eigenvalue weighted by Crippen LogP contribution is 2.40. The Hall–Kier alpha value is -2.38. The number of nitrogens with one attached hydrogen (secondary N) is 1. The van der Waals surface area contributed by atoms with Gasteiger partial charge in [0.25, 0.3) is 5.56 Å². The molecule has 1 atom stereocenters. The first-order valence-corrected chi connectivity index (χ1v) is 9.24. The zero-order valence-electron chi connectivity index (χ0n) is 15.4. The van der Waals surface area contributed by atoms with Crippen molar-refractivity contribution in [1.82, 2.24) is 19.4 Å². The van der Waals surface area contributed by atoms with Crippen molar-refractivity contribution in [2.45, 2.75) is 46.1 Å². The molecule has 0 aromatic carbocycles. The van der Waals surface area contributed by atoms with Crippen LogP contribution >= 0.6 is 0 Å². The van der Waals surface area contributed by atoms with Crippen molar-refractivity contribution in [3.05, 3.63) is 32.6 Å². The second-order valence-electron chi connectivity index (χ2n) is 7.44. The van der Waals surface area contributed by atoms with Gasteiger partial charge < -0.3 is 9.80 Å². The van der Waals surface area contributed by atoms with Crippen molar-refractivity contribution in [3.63, 3.8) is 0 Å². The molecule has 2 aliphatic heterocycles. The number of aryl methyl sites for hydroxylation is 1. The Balaban J connectivity index is 1.71. The Kier molecular flexibility index (Phi) is 5.02. The van der Waals surface area contributed by atoms with Crippen LogP contribution in [0.3, 0.4) is 0 Å². The van der Waals surface area contributed by atoms with Crippen molar-refractivity contribution < 1.29 is 9.59 Å². The SMILES string of the molecule is CCCN1CCC[C@@]2(CCN(C(=O)Cn3cc(C)c(=O)[nH]c3=O)C2)C1=O. The monoisotopic (exact) mass is 362 g/mol. The van der Waals surface area contributed by atoms with Crippen LogP contribution in [0, 0.1) is 12.3 Å². The van der Waals surface area contributed by atoms with Gasteiger partial charge in [-0.05, 0) is 32.6 Å². The molecule has 2 fully saturated rings. The highest BCUT2D eigenvalue weighted by Gasteiger charge is 2.49. The molecule has 1 aromatic heterocycles. The molecule has 26 heavy (non-hydrogen) atoms. The molecular weight excluding hydrogens is 336 g/mol. The van der Waals surface area contributed by atoms with E-state index in [1.807, 2.05) is 4.90 Å². The zero-order valence-corrected chi connectivity index (χ0v) is 15.4. The minimum Gasteiger partial charge on any atom is -0.342 e. The van der Waals surface area contributed by atoms with Crippen LogP contribution in [0.25, 0.3) is 0 Å².